The number of ether oxygens (including phenoxy) is 1. The number of benzene rings is 1. The lowest BCUT2D eigenvalue weighted by Gasteiger charge is -2.04. The maximum absolute atomic E-state index is 13.5. The Morgan fingerprint density at radius 3 is 2.72 bits per heavy atom. The van der Waals surface area contributed by atoms with Gasteiger partial charge in [-0.05, 0) is 30.3 Å². The van der Waals surface area contributed by atoms with Gasteiger partial charge in [-0.3, -0.25) is 4.79 Å². The molecule has 0 saturated heterocycles. The second-order valence-corrected chi connectivity index (χ2v) is 5.45. The van der Waals surface area contributed by atoms with Crippen molar-refractivity contribution in [1.29, 1.82) is 0 Å². The molecule has 2 aromatic rings. The zero-order chi connectivity index (χ0) is 13.1. The first-order valence-electron chi connectivity index (χ1n) is 5.21. The van der Waals surface area contributed by atoms with E-state index in [2.05, 4.69) is 0 Å². The molecular weight excluding hydrogens is 275 g/mol. The predicted molar refractivity (Wildman–Crippen MR) is 70.3 cm³/mol. The van der Waals surface area contributed by atoms with Gasteiger partial charge in [0, 0.05) is 16.9 Å². The minimum atomic E-state index is -0.535. The van der Waals surface area contributed by atoms with Crippen LogP contribution in [-0.2, 0) is 6.42 Å². The first kappa shape index (κ1) is 13.1. The quantitative estimate of drug-likeness (QED) is 0.794. The highest BCUT2D eigenvalue weighted by Crippen LogP contribution is 2.24. The predicted octanol–water partition coefficient (Wildman–Crippen LogP) is 3.97. The van der Waals surface area contributed by atoms with Crippen molar-refractivity contribution < 1.29 is 13.9 Å². The molecule has 0 bridgehead atoms. The fourth-order valence-corrected chi connectivity index (χ4v) is 2.63. The van der Waals surface area contributed by atoms with Gasteiger partial charge >= 0.3 is 0 Å². The van der Waals surface area contributed by atoms with Crippen LogP contribution in [0.25, 0.3) is 0 Å². The maximum Gasteiger partial charge on any atom is 0.168 e. The minimum Gasteiger partial charge on any atom is -0.494 e. The molecule has 94 valence electrons. The molecular formula is C13H10ClFO2S. The van der Waals surface area contributed by atoms with E-state index >= 15 is 0 Å². The summed E-state index contributed by atoms with van der Waals surface area (Å²) < 4.78 is 18.9. The number of ketones is 1. The number of rotatable bonds is 4. The Bertz CT molecular complexity index is 580. The van der Waals surface area contributed by atoms with E-state index < -0.39 is 5.82 Å². The second kappa shape index (κ2) is 5.50. The normalized spacial score (nSPS) is 10.4. The highest BCUT2D eigenvalue weighted by atomic mass is 35.5. The summed E-state index contributed by atoms with van der Waals surface area (Å²) in [6.07, 6.45) is 0.225. The summed E-state index contributed by atoms with van der Waals surface area (Å²) in [5.74, 6) is -0.548. The van der Waals surface area contributed by atoms with Gasteiger partial charge in [0.15, 0.2) is 17.3 Å². The van der Waals surface area contributed by atoms with Crippen molar-refractivity contribution in [2.24, 2.45) is 0 Å². The smallest absolute Gasteiger partial charge is 0.168 e. The van der Waals surface area contributed by atoms with Gasteiger partial charge < -0.3 is 4.74 Å². The molecule has 0 N–H and O–H groups in total. The average molecular weight is 285 g/mol. The number of carbonyl (C=O) groups is 1. The highest BCUT2D eigenvalue weighted by Gasteiger charge is 2.12. The molecule has 0 aliphatic rings. The van der Waals surface area contributed by atoms with E-state index in [9.17, 15) is 9.18 Å². The van der Waals surface area contributed by atoms with Gasteiger partial charge in [-0.2, -0.15) is 0 Å². The Balaban J connectivity index is 2.16. The van der Waals surface area contributed by atoms with Crippen molar-refractivity contribution in [1.82, 2.24) is 0 Å². The van der Waals surface area contributed by atoms with Crippen LogP contribution in [-0.4, -0.2) is 12.9 Å². The van der Waals surface area contributed by atoms with Gasteiger partial charge in [0.05, 0.1) is 11.4 Å². The fraction of sp³-hybridized carbons (Fsp3) is 0.154. The molecule has 2 nitrogen and oxygen atoms in total. The Labute approximate surface area is 113 Å². The van der Waals surface area contributed by atoms with E-state index in [-0.39, 0.29) is 18.0 Å². The Kier molecular flexibility index (Phi) is 3.99. The molecule has 5 heteroatoms. The summed E-state index contributed by atoms with van der Waals surface area (Å²) in [7, 11) is 1.38. The van der Waals surface area contributed by atoms with E-state index in [0.29, 0.717) is 9.90 Å². The molecule has 1 aromatic carbocycles. The number of thiophene rings is 1. The number of hydrogen-bond donors (Lipinski definition) is 0. The largest absolute Gasteiger partial charge is 0.494 e. The standard InChI is InChI=1S/C13H10ClFO2S/c1-17-12-4-2-8(6-10(12)15)11(16)7-9-3-5-13(14)18-9/h2-6H,7H2,1H3. The number of hydrogen-bond acceptors (Lipinski definition) is 3. The number of halogens is 2. The highest BCUT2D eigenvalue weighted by molar-refractivity contribution is 7.16. The van der Waals surface area contributed by atoms with E-state index in [0.717, 1.165) is 4.88 Å². The summed E-state index contributed by atoms with van der Waals surface area (Å²) in [6, 6.07) is 7.73. The lowest BCUT2D eigenvalue weighted by atomic mass is 10.1. The molecule has 0 fully saturated rings. The molecule has 0 aliphatic heterocycles. The van der Waals surface area contributed by atoms with Gasteiger partial charge in [-0.15, -0.1) is 11.3 Å². The van der Waals surface area contributed by atoms with Gasteiger partial charge in [-0.25, -0.2) is 4.39 Å². The molecule has 0 amide bonds. The topological polar surface area (TPSA) is 26.3 Å². The van der Waals surface area contributed by atoms with Crippen LogP contribution in [0.2, 0.25) is 4.34 Å². The molecule has 1 heterocycles. The first-order chi connectivity index (χ1) is 8.60. The van der Waals surface area contributed by atoms with Crippen molar-refractivity contribution >= 4 is 28.7 Å². The third kappa shape index (κ3) is 2.89. The maximum atomic E-state index is 13.5. The zero-order valence-corrected chi connectivity index (χ0v) is 11.1. The van der Waals surface area contributed by atoms with Crippen molar-refractivity contribution in [2.75, 3.05) is 7.11 Å². The second-order valence-electron chi connectivity index (χ2n) is 3.66. The minimum absolute atomic E-state index is 0.130. The van der Waals surface area contributed by atoms with Crippen LogP contribution in [0.5, 0.6) is 5.75 Å². The van der Waals surface area contributed by atoms with E-state index in [1.165, 1.54) is 30.6 Å². The molecule has 0 atom stereocenters. The van der Waals surface area contributed by atoms with Crippen molar-refractivity contribution in [3.63, 3.8) is 0 Å². The van der Waals surface area contributed by atoms with Crippen LogP contribution >= 0.6 is 22.9 Å². The summed E-state index contributed by atoms with van der Waals surface area (Å²) in [5, 5.41) is 0. The van der Waals surface area contributed by atoms with E-state index in [1.54, 1.807) is 18.2 Å². The van der Waals surface area contributed by atoms with Gasteiger partial charge in [-0.1, -0.05) is 11.6 Å². The summed E-state index contributed by atoms with van der Waals surface area (Å²) in [5.41, 5.74) is 0.331. The third-order valence-corrected chi connectivity index (χ3v) is 3.67. The van der Waals surface area contributed by atoms with Crippen LogP contribution in [0, 0.1) is 5.82 Å². The fourth-order valence-electron chi connectivity index (χ4n) is 1.55. The SMILES string of the molecule is COc1ccc(C(=O)Cc2ccc(Cl)s2)cc1F. The van der Waals surface area contributed by atoms with Crippen LogP contribution < -0.4 is 4.74 Å². The van der Waals surface area contributed by atoms with E-state index in [4.69, 9.17) is 16.3 Å². The van der Waals surface area contributed by atoms with Crippen LogP contribution in [0.15, 0.2) is 30.3 Å². The zero-order valence-electron chi connectivity index (χ0n) is 9.57. The molecule has 0 spiro atoms. The summed E-state index contributed by atoms with van der Waals surface area (Å²) in [4.78, 5) is 12.8. The lowest BCUT2D eigenvalue weighted by Crippen LogP contribution is -2.03. The summed E-state index contributed by atoms with van der Waals surface area (Å²) >= 11 is 7.13. The van der Waals surface area contributed by atoms with Crippen LogP contribution in [0.4, 0.5) is 4.39 Å². The molecule has 0 saturated carbocycles. The van der Waals surface area contributed by atoms with Gasteiger partial charge in [0.2, 0.25) is 0 Å². The first-order valence-corrected chi connectivity index (χ1v) is 6.40. The summed E-state index contributed by atoms with van der Waals surface area (Å²) in [6.45, 7) is 0. The van der Waals surface area contributed by atoms with Crippen molar-refractivity contribution in [2.45, 2.75) is 6.42 Å². The third-order valence-electron chi connectivity index (χ3n) is 2.44. The number of Topliss-reactive ketones (excluding diaryl/α,β-unsaturated/α-hetero) is 1. The van der Waals surface area contributed by atoms with E-state index in [1.807, 2.05) is 0 Å². The molecule has 2 rings (SSSR count). The Hall–Kier alpha value is -1.39. The van der Waals surface area contributed by atoms with Gasteiger partial charge in [0.1, 0.15) is 0 Å². The van der Waals surface area contributed by atoms with Crippen LogP contribution in [0.1, 0.15) is 15.2 Å². The Morgan fingerprint density at radius 1 is 1.39 bits per heavy atom. The van der Waals surface area contributed by atoms with Crippen molar-refractivity contribution in [3.8, 4) is 5.75 Å². The van der Waals surface area contributed by atoms with Crippen LogP contribution in [0.3, 0.4) is 0 Å². The number of carbonyl (C=O) groups excluding carboxylic acids is 1. The molecule has 18 heavy (non-hydrogen) atoms. The molecule has 1 aromatic heterocycles. The number of methoxy groups -OCH3 is 1. The lowest BCUT2D eigenvalue weighted by molar-refractivity contribution is 0.0993. The molecule has 0 aliphatic carbocycles. The van der Waals surface area contributed by atoms with Crippen molar-refractivity contribution in [3.05, 3.63) is 50.9 Å². The Morgan fingerprint density at radius 2 is 2.17 bits per heavy atom. The van der Waals surface area contributed by atoms with Gasteiger partial charge in [0.25, 0.3) is 0 Å². The molecule has 0 unspecified atom stereocenters. The average Bonchev–Trinajstić information content (AvgIpc) is 2.74. The monoisotopic (exact) mass is 284 g/mol. The molecule has 0 radical (unpaired) electrons.